The largest absolute Gasteiger partial charge is 0.399 e. The Morgan fingerprint density at radius 2 is 1.62 bits per heavy atom. The minimum Gasteiger partial charge on any atom is -0.399 e. The van der Waals surface area contributed by atoms with Crippen molar-refractivity contribution in [1.29, 1.82) is 0 Å². The van der Waals surface area contributed by atoms with Crippen molar-refractivity contribution in [2.24, 2.45) is 0 Å². The summed E-state index contributed by atoms with van der Waals surface area (Å²) in [5.41, 5.74) is 7.46. The van der Waals surface area contributed by atoms with Crippen LogP contribution in [0.4, 0.5) is 14.5 Å². The number of anilines is 1. The summed E-state index contributed by atoms with van der Waals surface area (Å²) in [5.74, 6) is -1.16. The first-order chi connectivity index (χ1) is 7.58. The Balaban J connectivity index is 2.67. The smallest absolute Gasteiger partial charge is 0.133 e. The van der Waals surface area contributed by atoms with E-state index >= 15 is 0 Å². The van der Waals surface area contributed by atoms with Crippen LogP contribution in [-0.2, 0) is 0 Å². The lowest BCUT2D eigenvalue weighted by Gasteiger charge is -2.07. The Labute approximate surface area is 92.5 Å². The number of hydrogen-bond acceptors (Lipinski definition) is 1. The van der Waals surface area contributed by atoms with Crippen molar-refractivity contribution in [3.8, 4) is 11.1 Å². The highest BCUT2D eigenvalue weighted by Gasteiger charge is 2.11. The van der Waals surface area contributed by atoms with Gasteiger partial charge in [-0.2, -0.15) is 0 Å². The molecule has 1 nitrogen and oxygen atoms in total. The Hall–Kier alpha value is -1.90. The van der Waals surface area contributed by atoms with Gasteiger partial charge >= 0.3 is 0 Å². The highest BCUT2D eigenvalue weighted by Crippen LogP contribution is 2.28. The minimum atomic E-state index is -0.579. The molecular formula is C13H11F2N. The van der Waals surface area contributed by atoms with Gasteiger partial charge in [0.15, 0.2) is 0 Å². The summed E-state index contributed by atoms with van der Waals surface area (Å²) in [6.45, 7) is 1.83. The van der Waals surface area contributed by atoms with Crippen LogP contribution in [0.3, 0.4) is 0 Å². The quantitative estimate of drug-likeness (QED) is 0.729. The lowest BCUT2D eigenvalue weighted by atomic mass is 10.0. The van der Waals surface area contributed by atoms with Crippen molar-refractivity contribution in [1.82, 2.24) is 0 Å². The molecular weight excluding hydrogens is 208 g/mol. The van der Waals surface area contributed by atoms with Crippen LogP contribution in [-0.4, -0.2) is 0 Å². The first-order valence-corrected chi connectivity index (χ1v) is 4.89. The van der Waals surface area contributed by atoms with Crippen LogP contribution in [0.5, 0.6) is 0 Å². The molecule has 0 bridgehead atoms. The molecule has 0 atom stereocenters. The summed E-state index contributed by atoms with van der Waals surface area (Å²) in [6, 6.07) is 8.83. The SMILES string of the molecule is Cc1cc(N)cc(-c2c(F)cccc2F)c1. The maximum atomic E-state index is 13.5. The summed E-state index contributed by atoms with van der Waals surface area (Å²) in [4.78, 5) is 0. The zero-order valence-electron chi connectivity index (χ0n) is 8.80. The van der Waals surface area contributed by atoms with Gasteiger partial charge in [-0.1, -0.05) is 12.1 Å². The monoisotopic (exact) mass is 219 g/mol. The summed E-state index contributed by atoms with van der Waals surface area (Å²) >= 11 is 0. The van der Waals surface area contributed by atoms with E-state index in [0.29, 0.717) is 11.3 Å². The van der Waals surface area contributed by atoms with Crippen molar-refractivity contribution in [2.45, 2.75) is 6.92 Å². The van der Waals surface area contributed by atoms with E-state index in [-0.39, 0.29) is 5.56 Å². The molecule has 0 aliphatic rings. The van der Waals surface area contributed by atoms with Gasteiger partial charge in [-0.05, 0) is 42.3 Å². The van der Waals surface area contributed by atoms with Gasteiger partial charge in [0.2, 0.25) is 0 Å². The van der Waals surface area contributed by atoms with Gasteiger partial charge < -0.3 is 5.73 Å². The Kier molecular flexibility index (Phi) is 2.60. The normalized spacial score (nSPS) is 10.4. The number of benzene rings is 2. The van der Waals surface area contributed by atoms with Crippen molar-refractivity contribution in [3.05, 3.63) is 53.6 Å². The lowest BCUT2D eigenvalue weighted by molar-refractivity contribution is 0.589. The number of halogens is 2. The highest BCUT2D eigenvalue weighted by atomic mass is 19.1. The van der Waals surface area contributed by atoms with Gasteiger partial charge in [-0.3, -0.25) is 0 Å². The van der Waals surface area contributed by atoms with Crippen LogP contribution in [0.15, 0.2) is 36.4 Å². The number of nitrogens with two attached hydrogens (primary N) is 1. The fourth-order valence-corrected chi connectivity index (χ4v) is 1.73. The van der Waals surface area contributed by atoms with E-state index in [4.69, 9.17) is 5.73 Å². The second-order valence-corrected chi connectivity index (χ2v) is 3.73. The van der Waals surface area contributed by atoms with Crippen LogP contribution in [0.25, 0.3) is 11.1 Å². The predicted octanol–water partition coefficient (Wildman–Crippen LogP) is 3.52. The Morgan fingerprint density at radius 1 is 1.00 bits per heavy atom. The number of hydrogen-bond donors (Lipinski definition) is 1. The van der Waals surface area contributed by atoms with Crippen LogP contribution in [0, 0.1) is 18.6 Å². The molecule has 0 saturated carbocycles. The summed E-state index contributed by atoms with van der Waals surface area (Å²) < 4.78 is 27.0. The summed E-state index contributed by atoms with van der Waals surface area (Å²) in [6.07, 6.45) is 0. The average molecular weight is 219 g/mol. The second kappa shape index (κ2) is 3.93. The first-order valence-electron chi connectivity index (χ1n) is 4.89. The van der Waals surface area contributed by atoms with E-state index in [2.05, 4.69) is 0 Å². The molecule has 16 heavy (non-hydrogen) atoms. The van der Waals surface area contributed by atoms with Gasteiger partial charge in [0, 0.05) is 5.69 Å². The van der Waals surface area contributed by atoms with Gasteiger partial charge in [-0.15, -0.1) is 0 Å². The van der Waals surface area contributed by atoms with Crippen molar-refractivity contribution in [3.63, 3.8) is 0 Å². The van der Waals surface area contributed by atoms with Crippen LogP contribution < -0.4 is 5.73 Å². The Bertz CT molecular complexity index is 495. The molecule has 0 fully saturated rings. The van der Waals surface area contributed by atoms with Gasteiger partial charge in [0.25, 0.3) is 0 Å². The molecule has 2 aromatic carbocycles. The number of rotatable bonds is 1. The third kappa shape index (κ3) is 1.89. The zero-order chi connectivity index (χ0) is 11.7. The van der Waals surface area contributed by atoms with Crippen LogP contribution in [0.1, 0.15) is 5.56 Å². The van der Waals surface area contributed by atoms with Gasteiger partial charge in [-0.25, -0.2) is 8.78 Å². The molecule has 0 aliphatic carbocycles. The van der Waals surface area contributed by atoms with Crippen LogP contribution in [0.2, 0.25) is 0 Å². The van der Waals surface area contributed by atoms with E-state index in [0.717, 1.165) is 5.56 Å². The molecule has 0 amide bonds. The highest BCUT2D eigenvalue weighted by molar-refractivity contribution is 5.69. The van der Waals surface area contributed by atoms with E-state index in [1.165, 1.54) is 18.2 Å². The molecule has 3 heteroatoms. The number of aryl methyl sites for hydroxylation is 1. The minimum absolute atomic E-state index is 0.0297. The molecule has 2 rings (SSSR count). The molecule has 0 aromatic heterocycles. The number of nitrogen functional groups attached to an aromatic ring is 1. The molecule has 0 spiro atoms. The van der Waals surface area contributed by atoms with Crippen molar-refractivity contribution < 1.29 is 8.78 Å². The predicted molar refractivity (Wildman–Crippen MR) is 60.9 cm³/mol. The fraction of sp³-hybridized carbons (Fsp3) is 0.0769. The van der Waals surface area contributed by atoms with Crippen LogP contribution >= 0.6 is 0 Å². The maximum Gasteiger partial charge on any atom is 0.133 e. The van der Waals surface area contributed by atoms with E-state index in [9.17, 15) is 8.78 Å². The molecule has 0 aliphatic heterocycles. The maximum absolute atomic E-state index is 13.5. The van der Waals surface area contributed by atoms with E-state index < -0.39 is 11.6 Å². The average Bonchev–Trinajstić information content (AvgIpc) is 2.15. The molecule has 82 valence electrons. The fourth-order valence-electron chi connectivity index (χ4n) is 1.73. The molecule has 2 N–H and O–H groups in total. The second-order valence-electron chi connectivity index (χ2n) is 3.73. The Morgan fingerprint density at radius 3 is 2.19 bits per heavy atom. The molecule has 0 saturated heterocycles. The molecule has 0 heterocycles. The first kappa shape index (κ1) is 10.6. The topological polar surface area (TPSA) is 26.0 Å². The van der Waals surface area contributed by atoms with E-state index in [1.54, 1.807) is 18.2 Å². The molecule has 0 radical (unpaired) electrons. The third-order valence-corrected chi connectivity index (χ3v) is 2.35. The van der Waals surface area contributed by atoms with Gasteiger partial charge in [0.05, 0.1) is 5.56 Å². The zero-order valence-corrected chi connectivity index (χ0v) is 8.80. The molecule has 2 aromatic rings. The summed E-state index contributed by atoms with van der Waals surface area (Å²) in [5, 5.41) is 0. The third-order valence-electron chi connectivity index (χ3n) is 2.35. The van der Waals surface area contributed by atoms with E-state index in [1.807, 2.05) is 6.92 Å². The van der Waals surface area contributed by atoms with Gasteiger partial charge in [0.1, 0.15) is 11.6 Å². The summed E-state index contributed by atoms with van der Waals surface area (Å²) in [7, 11) is 0. The van der Waals surface area contributed by atoms with Crippen molar-refractivity contribution in [2.75, 3.05) is 5.73 Å². The molecule has 0 unspecified atom stereocenters. The lowest BCUT2D eigenvalue weighted by Crippen LogP contribution is -1.92. The van der Waals surface area contributed by atoms with Crippen molar-refractivity contribution >= 4 is 5.69 Å². The standard InChI is InChI=1S/C13H11F2N/c1-8-5-9(7-10(16)6-8)13-11(14)3-2-4-12(13)15/h2-7H,16H2,1H3.